The molecule has 0 fully saturated rings. The highest BCUT2D eigenvalue weighted by atomic mass is 16.6. The van der Waals surface area contributed by atoms with E-state index in [-0.39, 0.29) is 0 Å². The van der Waals surface area contributed by atoms with Gasteiger partial charge in [0.05, 0.1) is 33.3 Å². The summed E-state index contributed by atoms with van der Waals surface area (Å²) in [6.07, 6.45) is -0.681. The number of anilines is 1. The van der Waals surface area contributed by atoms with E-state index in [0.29, 0.717) is 17.8 Å². The van der Waals surface area contributed by atoms with Gasteiger partial charge in [-0.25, -0.2) is 0 Å². The molecule has 25 heavy (non-hydrogen) atoms. The third kappa shape index (κ3) is 4.10. The summed E-state index contributed by atoms with van der Waals surface area (Å²) in [6, 6.07) is 9.32. The highest BCUT2D eigenvalue weighted by molar-refractivity contribution is 5.93. The third-order valence-corrected chi connectivity index (χ3v) is 3.19. The summed E-state index contributed by atoms with van der Waals surface area (Å²) in [5, 5.41) is 35.5. The van der Waals surface area contributed by atoms with E-state index in [1.165, 1.54) is 0 Å². The Bertz CT molecular complexity index is 832. The maximum Gasteiger partial charge on any atom is 0.286 e. The molecular weight excluding hydrogens is 336 g/mol. The van der Waals surface area contributed by atoms with Crippen molar-refractivity contribution in [3.05, 3.63) is 78.4 Å². The van der Waals surface area contributed by atoms with Crippen LogP contribution in [-0.4, -0.2) is 20.7 Å². The van der Waals surface area contributed by atoms with Crippen LogP contribution in [0.15, 0.2) is 42.5 Å². The van der Waals surface area contributed by atoms with E-state index in [1.807, 2.05) is 0 Å². The zero-order valence-corrected chi connectivity index (χ0v) is 12.4. The quantitative estimate of drug-likeness (QED) is 0.621. The molecule has 11 nitrogen and oxygen atoms in total. The fourth-order valence-electron chi connectivity index (χ4n) is 2.13. The molecule has 11 heteroatoms. The normalized spacial score (nSPS) is 10.1. The fraction of sp³-hybridized carbons (Fsp3) is 0.0714. The van der Waals surface area contributed by atoms with Crippen LogP contribution in [0.4, 0.5) is 22.7 Å². The van der Waals surface area contributed by atoms with E-state index >= 15 is 0 Å². The van der Waals surface area contributed by atoms with Gasteiger partial charge in [0.25, 0.3) is 17.1 Å². The predicted molar refractivity (Wildman–Crippen MR) is 85.2 cm³/mol. The van der Waals surface area contributed by atoms with E-state index in [2.05, 4.69) is 5.32 Å². The molecule has 0 radical (unpaired) electrons. The molecule has 0 heterocycles. The molecular formula is C14H10N4O7. The van der Waals surface area contributed by atoms with Gasteiger partial charge >= 0.3 is 0 Å². The van der Waals surface area contributed by atoms with Crippen LogP contribution in [0.1, 0.15) is 5.56 Å². The summed E-state index contributed by atoms with van der Waals surface area (Å²) < 4.78 is 0. The number of nitrogens with one attached hydrogen (secondary N) is 1. The second kappa shape index (κ2) is 7.12. The van der Waals surface area contributed by atoms with Crippen molar-refractivity contribution in [3.8, 4) is 0 Å². The number of benzene rings is 2. The number of para-hydroxylation sites is 1. The second-order valence-corrected chi connectivity index (χ2v) is 4.82. The highest BCUT2D eigenvalue weighted by Gasteiger charge is 2.31. The first-order valence-electron chi connectivity index (χ1n) is 6.74. The lowest BCUT2D eigenvalue weighted by molar-refractivity contribution is -0.404. The van der Waals surface area contributed by atoms with Crippen molar-refractivity contribution in [2.45, 2.75) is 6.42 Å². The molecule has 2 aromatic carbocycles. The maximum atomic E-state index is 12.1. The smallest absolute Gasteiger partial charge is 0.286 e. The van der Waals surface area contributed by atoms with E-state index in [9.17, 15) is 35.1 Å². The first-order valence-corrected chi connectivity index (χ1v) is 6.74. The fourth-order valence-corrected chi connectivity index (χ4v) is 2.13. The number of nitro groups is 3. The monoisotopic (exact) mass is 346 g/mol. The molecule has 0 saturated carbocycles. The third-order valence-electron chi connectivity index (χ3n) is 3.19. The molecule has 0 bridgehead atoms. The van der Waals surface area contributed by atoms with Crippen LogP contribution in [0.3, 0.4) is 0 Å². The van der Waals surface area contributed by atoms with Gasteiger partial charge in [-0.1, -0.05) is 18.2 Å². The zero-order valence-electron chi connectivity index (χ0n) is 12.4. The first kappa shape index (κ1) is 17.5. The number of hydrogen-bond donors (Lipinski definition) is 1. The molecule has 0 aromatic heterocycles. The molecule has 0 atom stereocenters. The van der Waals surface area contributed by atoms with Crippen molar-refractivity contribution in [1.29, 1.82) is 0 Å². The Labute approximate surface area is 139 Å². The van der Waals surface area contributed by atoms with Crippen molar-refractivity contribution in [1.82, 2.24) is 0 Å². The summed E-state index contributed by atoms with van der Waals surface area (Å²) in [5.41, 5.74) is -2.62. The van der Waals surface area contributed by atoms with Crippen LogP contribution in [-0.2, 0) is 11.2 Å². The zero-order chi connectivity index (χ0) is 18.6. The highest BCUT2D eigenvalue weighted by Crippen LogP contribution is 2.34. The number of rotatable bonds is 6. The van der Waals surface area contributed by atoms with Crippen molar-refractivity contribution < 1.29 is 19.6 Å². The van der Waals surface area contributed by atoms with Crippen molar-refractivity contribution >= 4 is 28.7 Å². The van der Waals surface area contributed by atoms with Crippen molar-refractivity contribution in [2.24, 2.45) is 0 Å². The van der Waals surface area contributed by atoms with E-state index in [1.54, 1.807) is 30.3 Å². The number of nitro benzene ring substituents is 3. The predicted octanol–water partition coefficient (Wildman–Crippen LogP) is 2.59. The van der Waals surface area contributed by atoms with Crippen LogP contribution in [0.5, 0.6) is 0 Å². The van der Waals surface area contributed by atoms with Crippen LogP contribution in [0, 0.1) is 30.3 Å². The minimum Gasteiger partial charge on any atom is -0.326 e. The van der Waals surface area contributed by atoms with Crippen LogP contribution in [0.25, 0.3) is 0 Å². The number of carbonyl (C=O) groups is 1. The van der Waals surface area contributed by atoms with Gasteiger partial charge < -0.3 is 5.32 Å². The number of hydrogen-bond acceptors (Lipinski definition) is 7. The van der Waals surface area contributed by atoms with Crippen molar-refractivity contribution in [3.63, 3.8) is 0 Å². The minimum atomic E-state index is -0.995. The average molecular weight is 346 g/mol. The van der Waals surface area contributed by atoms with Gasteiger partial charge in [0.15, 0.2) is 0 Å². The molecule has 0 spiro atoms. The van der Waals surface area contributed by atoms with Gasteiger partial charge in [0.2, 0.25) is 5.91 Å². The second-order valence-electron chi connectivity index (χ2n) is 4.82. The Morgan fingerprint density at radius 1 is 0.880 bits per heavy atom. The van der Waals surface area contributed by atoms with E-state index in [0.717, 1.165) is 0 Å². The largest absolute Gasteiger partial charge is 0.326 e. The lowest BCUT2D eigenvalue weighted by atomic mass is 10.1. The van der Waals surface area contributed by atoms with Gasteiger partial charge in [-0.3, -0.25) is 35.1 Å². The lowest BCUT2D eigenvalue weighted by Crippen LogP contribution is -2.16. The molecule has 2 rings (SSSR count). The molecule has 128 valence electrons. The Morgan fingerprint density at radius 3 is 1.84 bits per heavy atom. The maximum absolute atomic E-state index is 12.1. The summed E-state index contributed by atoms with van der Waals surface area (Å²) in [5.74, 6) is -0.730. The summed E-state index contributed by atoms with van der Waals surface area (Å²) in [6.45, 7) is 0. The van der Waals surface area contributed by atoms with Crippen LogP contribution < -0.4 is 5.32 Å². The Balaban J connectivity index is 2.44. The Morgan fingerprint density at radius 2 is 1.40 bits per heavy atom. The van der Waals surface area contributed by atoms with Gasteiger partial charge in [-0.15, -0.1) is 0 Å². The topological polar surface area (TPSA) is 159 Å². The number of non-ortho nitro benzene ring substituents is 1. The molecule has 0 saturated heterocycles. The molecule has 2 aromatic rings. The summed E-state index contributed by atoms with van der Waals surface area (Å²) in [4.78, 5) is 42.2. The number of carbonyl (C=O) groups excluding carboxylic acids is 1. The Hall–Kier alpha value is -3.89. The van der Waals surface area contributed by atoms with Crippen LogP contribution >= 0.6 is 0 Å². The molecule has 0 aliphatic rings. The van der Waals surface area contributed by atoms with Gasteiger partial charge in [-0.05, 0) is 12.1 Å². The first-order chi connectivity index (χ1) is 11.8. The average Bonchev–Trinajstić information content (AvgIpc) is 2.54. The van der Waals surface area contributed by atoms with Gasteiger partial charge in [0, 0.05) is 5.69 Å². The molecule has 1 amide bonds. The minimum absolute atomic E-state index is 0.403. The van der Waals surface area contributed by atoms with Gasteiger partial charge in [-0.2, -0.15) is 0 Å². The van der Waals surface area contributed by atoms with Crippen molar-refractivity contribution in [2.75, 3.05) is 5.32 Å². The number of amides is 1. The molecule has 0 aliphatic carbocycles. The lowest BCUT2D eigenvalue weighted by Gasteiger charge is -2.06. The van der Waals surface area contributed by atoms with E-state index in [4.69, 9.17) is 0 Å². The summed E-state index contributed by atoms with van der Waals surface area (Å²) >= 11 is 0. The standard InChI is InChI=1S/C14H10N4O7/c19-14(15-9-4-2-1-3-5-9)8-11-12(17(22)23)6-10(16(20)21)7-13(11)18(24)25/h1-7H,8H2,(H,15,19). The summed E-state index contributed by atoms with van der Waals surface area (Å²) in [7, 11) is 0. The number of nitrogens with zero attached hydrogens (tertiary/aromatic N) is 3. The molecule has 1 N–H and O–H groups in total. The van der Waals surface area contributed by atoms with E-state index < -0.39 is 49.7 Å². The Kier molecular flexibility index (Phi) is 4.98. The molecule has 0 unspecified atom stereocenters. The SMILES string of the molecule is O=C(Cc1c([N+](=O)[O-])cc([N+](=O)[O-])cc1[N+](=O)[O-])Nc1ccccc1. The van der Waals surface area contributed by atoms with Gasteiger partial charge in [0.1, 0.15) is 5.56 Å². The molecule has 0 aliphatic heterocycles. The van der Waals surface area contributed by atoms with Crippen LogP contribution in [0.2, 0.25) is 0 Å².